The fraction of sp³-hybridized carbons (Fsp3) is 0.0455. The lowest BCUT2D eigenvalue weighted by Crippen LogP contribution is -2.24. The summed E-state index contributed by atoms with van der Waals surface area (Å²) in [6, 6.07) is 16.6. The number of nitrogens with zero attached hydrogens (tertiary/aromatic N) is 1. The van der Waals surface area contributed by atoms with Crippen molar-refractivity contribution in [2.24, 2.45) is 5.10 Å². The molecule has 0 atom stereocenters. The molecule has 0 bridgehead atoms. The van der Waals surface area contributed by atoms with Crippen LogP contribution >= 0.6 is 27.5 Å². The first kappa shape index (κ1) is 22.5. The van der Waals surface area contributed by atoms with Crippen molar-refractivity contribution in [3.63, 3.8) is 0 Å². The van der Waals surface area contributed by atoms with E-state index in [1.54, 1.807) is 42.5 Å². The quantitative estimate of drug-likeness (QED) is 0.212. The average Bonchev–Trinajstić information content (AvgIpc) is 2.74. The van der Waals surface area contributed by atoms with Gasteiger partial charge in [0.15, 0.2) is 6.61 Å². The van der Waals surface area contributed by atoms with Crippen molar-refractivity contribution in [1.82, 2.24) is 5.43 Å². The van der Waals surface area contributed by atoms with Crippen LogP contribution in [0.4, 0.5) is 4.39 Å². The molecule has 0 aliphatic carbocycles. The van der Waals surface area contributed by atoms with Gasteiger partial charge in [0.05, 0.1) is 16.3 Å². The molecule has 0 spiro atoms. The molecule has 1 amide bonds. The van der Waals surface area contributed by atoms with E-state index in [9.17, 15) is 14.0 Å². The molecule has 0 fully saturated rings. The summed E-state index contributed by atoms with van der Waals surface area (Å²) in [4.78, 5) is 23.9. The molecule has 0 aliphatic heterocycles. The SMILES string of the molecule is O=C(COc1ccc(Cl)cc1Br)N/N=C/c1ccc(OC(=O)c2cccc(F)c2)cc1. The van der Waals surface area contributed by atoms with Crippen molar-refractivity contribution >= 4 is 45.6 Å². The maximum Gasteiger partial charge on any atom is 0.343 e. The Morgan fingerprint density at radius 1 is 1.10 bits per heavy atom. The Kier molecular flexibility index (Phi) is 7.75. The van der Waals surface area contributed by atoms with Gasteiger partial charge in [-0.2, -0.15) is 5.10 Å². The molecule has 0 heterocycles. The van der Waals surface area contributed by atoms with Crippen molar-refractivity contribution in [1.29, 1.82) is 0 Å². The van der Waals surface area contributed by atoms with Gasteiger partial charge in [-0.25, -0.2) is 14.6 Å². The molecule has 0 aliphatic rings. The van der Waals surface area contributed by atoms with Gasteiger partial charge in [0.2, 0.25) is 0 Å². The van der Waals surface area contributed by atoms with Gasteiger partial charge in [-0.15, -0.1) is 0 Å². The summed E-state index contributed by atoms with van der Waals surface area (Å²) in [7, 11) is 0. The van der Waals surface area contributed by atoms with Crippen LogP contribution in [0.25, 0.3) is 0 Å². The molecule has 3 rings (SSSR count). The van der Waals surface area contributed by atoms with E-state index in [4.69, 9.17) is 21.1 Å². The van der Waals surface area contributed by atoms with Crippen LogP contribution in [0.15, 0.2) is 76.3 Å². The van der Waals surface area contributed by atoms with Crippen molar-refractivity contribution in [3.8, 4) is 11.5 Å². The first-order chi connectivity index (χ1) is 14.9. The molecule has 6 nitrogen and oxygen atoms in total. The summed E-state index contributed by atoms with van der Waals surface area (Å²) in [6.45, 7) is -0.230. The highest BCUT2D eigenvalue weighted by atomic mass is 79.9. The monoisotopic (exact) mass is 504 g/mol. The molecule has 0 saturated heterocycles. The van der Waals surface area contributed by atoms with Crippen molar-refractivity contribution in [2.75, 3.05) is 6.61 Å². The minimum Gasteiger partial charge on any atom is -0.483 e. The number of benzene rings is 3. The average molecular weight is 506 g/mol. The van der Waals surface area contributed by atoms with E-state index in [0.717, 1.165) is 6.07 Å². The zero-order valence-corrected chi connectivity index (χ0v) is 18.2. The lowest BCUT2D eigenvalue weighted by atomic mass is 10.2. The van der Waals surface area contributed by atoms with Crippen LogP contribution < -0.4 is 14.9 Å². The Hall–Kier alpha value is -3.23. The van der Waals surface area contributed by atoms with E-state index in [2.05, 4.69) is 26.5 Å². The maximum absolute atomic E-state index is 13.2. The molecule has 3 aromatic rings. The third kappa shape index (κ3) is 6.91. The Morgan fingerprint density at radius 3 is 2.58 bits per heavy atom. The normalized spacial score (nSPS) is 10.7. The summed E-state index contributed by atoms with van der Waals surface area (Å²) >= 11 is 9.15. The number of halogens is 3. The van der Waals surface area contributed by atoms with Gasteiger partial charge in [0.1, 0.15) is 17.3 Å². The Bertz CT molecular complexity index is 1120. The topological polar surface area (TPSA) is 77.0 Å². The van der Waals surface area contributed by atoms with Crippen molar-refractivity contribution in [2.45, 2.75) is 0 Å². The summed E-state index contributed by atoms with van der Waals surface area (Å²) in [6.07, 6.45) is 1.42. The van der Waals surface area contributed by atoms with Crippen LogP contribution in [0.3, 0.4) is 0 Å². The highest BCUT2D eigenvalue weighted by Gasteiger charge is 2.09. The van der Waals surface area contributed by atoms with Crippen molar-refractivity contribution in [3.05, 3.63) is 93.2 Å². The second-order valence-corrected chi connectivity index (χ2v) is 7.42. The summed E-state index contributed by atoms with van der Waals surface area (Å²) in [5.74, 6) is -0.863. The number of hydrazone groups is 1. The van der Waals surface area contributed by atoms with Gasteiger partial charge in [0, 0.05) is 5.02 Å². The number of amides is 1. The second-order valence-electron chi connectivity index (χ2n) is 6.13. The minimum absolute atomic E-state index is 0.112. The molecule has 158 valence electrons. The largest absolute Gasteiger partial charge is 0.483 e. The standard InChI is InChI=1S/C22H15BrClFN2O4/c23-19-11-16(24)6-9-20(19)30-13-21(28)27-26-12-14-4-7-18(8-5-14)31-22(29)15-2-1-3-17(25)10-15/h1-12H,13H2,(H,27,28)/b26-12+. The molecule has 0 radical (unpaired) electrons. The molecule has 0 aromatic heterocycles. The maximum atomic E-state index is 13.2. The second kappa shape index (κ2) is 10.7. The number of carbonyl (C=O) groups is 2. The third-order valence-corrected chi connectivity index (χ3v) is 4.66. The van der Waals surface area contributed by atoms with Crippen LogP contribution in [0.2, 0.25) is 5.02 Å². The number of carbonyl (C=O) groups excluding carboxylic acids is 2. The molecule has 0 unspecified atom stereocenters. The third-order valence-electron chi connectivity index (χ3n) is 3.81. The molecular formula is C22H15BrClFN2O4. The van der Waals surface area contributed by atoms with E-state index < -0.39 is 17.7 Å². The van der Waals surface area contributed by atoms with Gasteiger partial charge in [-0.1, -0.05) is 17.7 Å². The smallest absolute Gasteiger partial charge is 0.343 e. The number of hydrogen-bond donors (Lipinski definition) is 1. The van der Waals surface area contributed by atoms with E-state index in [0.29, 0.717) is 20.8 Å². The number of esters is 1. The molecule has 3 aromatic carbocycles. The van der Waals surface area contributed by atoms with Crippen LogP contribution in [-0.2, 0) is 4.79 Å². The molecule has 31 heavy (non-hydrogen) atoms. The molecule has 9 heteroatoms. The van der Waals surface area contributed by atoms with E-state index >= 15 is 0 Å². The minimum atomic E-state index is -0.666. The van der Waals surface area contributed by atoms with Crippen LogP contribution in [0, 0.1) is 5.82 Å². The summed E-state index contributed by atoms with van der Waals surface area (Å²) < 4.78 is 24.4. The highest BCUT2D eigenvalue weighted by Crippen LogP contribution is 2.27. The lowest BCUT2D eigenvalue weighted by Gasteiger charge is -2.07. The number of hydrogen-bond acceptors (Lipinski definition) is 5. The van der Waals surface area contributed by atoms with Crippen LogP contribution in [0.1, 0.15) is 15.9 Å². The fourth-order valence-corrected chi connectivity index (χ4v) is 3.15. The first-order valence-electron chi connectivity index (χ1n) is 8.88. The van der Waals surface area contributed by atoms with Gasteiger partial charge in [-0.3, -0.25) is 4.79 Å². The molecule has 1 N–H and O–H groups in total. The van der Waals surface area contributed by atoms with Gasteiger partial charge in [0.25, 0.3) is 5.91 Å². The summed E-state index contributed by atoms with van der Waals surface area (Å²) in [5, 5.41) is 4.40. The predicted molar refractivity (Wildman–Crippen MR) is 118 cm³/mol. The number of ether oxygens (including phenoxy) is 2. The zero-order valence-electron chi connectivity index (χ0n) is 15.8. The van der Waals surface area contributed by atoms with Gasteiger partial charge >= 0.3 is 5.97 Å². The van der Waals surface area contributed by atoms with Crippen LogP contribution in [0.5, 0.6) is 11.5 Å². The molecular weight excluding hydrogens is 491 g/mol. The predicted octanol–water partition coefficient (Wildman–Crippen LogP) is 4.99. The van der Waals surface area contributed by atoms with Gasteiger partial charge in [-0.05, 0) is 82.2 Å². The van der Waals surface area contributed by atoms with Crippen LogP contribution in [-0.4, -0.2) is 24.7 Å². The lowest BCUT2D eigenvalue weighted by molar-refractivity contribution is -0.123. The summed E-state index contributed by atoms with van der Waals surface area (Å²) in [5.41, 5.74) is 3.12. The first-order valence-corrected chi connectivity index (χ1v) is 10.1. The van der Waals surface area contributed by atoms with Crippen molar-refractivity contribution < 1.29 is 23.5 Å². The Labute approximate surface area is 190 Å². The zero-order chi connectivity index (χ0) is 22.2. The Morgan fingerprint density at radius 2 is 1.87 bits per heavy atom. The van der Waals surface area contributed by atoms with E-state index in [-0.39, 0.29) is 17.9 Å². The highest BCUT2D eigenvalue weighted by molar-refractivity contribution is 9.10. The molecule has 0 saturated carbocycles. The Balaban J connectivity index is 1.47. The number of rotatable bonds is 7. The number of nitrogens with one attached hydrogen (secondary N) is 1. The van der Waals surface area contributed by atoms with Gasteiger partial charge < -0.3 is 9.47 Å². The fourth-order valence-electron chi connectivity index (χ4n) is 2.35. The van der Waals surface area contributed by atoms with E-state index in [1.165, 1.54) is 24.4 Å². The van der Waals surface area contributed by atoms with E-state index in [1.807, 2.05) is 0 Å².